The first-order chi connectivity index (χ1) is 13.0. The summed E-state index contributed by atoms with van der Waals surface area (Å²) in [5, 5.41) is 16.1. The van der Waals surface area contributed by atoms with E-state index in [0.29, 0.717) is 16.1 Å². The van der Waals surface area contributed by atoms with E-state index in [0.717, 1.165) is 17.5 Å². The Balaban J connectivity index is 1.38. The molecule has 6 nitrogen and oxygen atoms in total. The van der Waals surface area contributed by atoms with Crippen molar-refractivity contribution < 1.29 is 4.79 Å². The summed E-state index contributed by atoms with van der Waals surface area (Å²) in [6.07, 6.45) is 5.32. The van der Waals surface area contributed by atoms with Gasteiger partial charge in [0.25, 0.3) is 0 Å². The lowest BCUT2D eigenvalue weighted by Crippen LogP contribution is -2.43. The zero-order chi connectivity index (χ0) is 19.0. The van der Waals surface area contributed by atoms with Crippen molar-refractivity contribution in [3.8, 4) is 5.69 Å². The maximum atomic E-state index is 12.7. The number of rotatable bonds is 6. The van der Waals surface area contributed by atoms with Crippen LogP contribution in [0.3, 0.4) is 0 Å². The van der Waals surface area contributed by atoms with Crippen LogP contribution in [0.15, 0.2) is 29.4 Å². The Kier molecular flexibility index (Phi) is 5.41. The van der Waals surface area contributed by atoms with E-state index < -0.39 is 0 Å². The summed E-state index contributed by atoms with van der Waals surface area (Å²) in [4.78, 5) is 12.7. The van der Waals surface area contributed by atoms with Crippen molar-refractivity contribution in [2.45, 2.75) is 56.0 Å². The summed E-state index contributed by atoms with van der Waals surface area (Å²) in [6.45, 7) is 4.05. The normalized spacial score (nSPS) is 26.1. The molecule has 2 aromatic rings. The number of tetrazole rings is 1. The van der Waals surface area contributed by atoms with Crippen molar-refractivity contribution in [3.63, 3.8) is 0 Å². The molecule has 1 heterocycles. The fourth-order valence-electron chi connectivity index (χ4n) is 4.56. The van der Waals surface area contributed by atoms with Gasteiger partial charge < -0.3 is 5.32 Å². The van der Waals surface area contributed by atoms with E-state index in [2.05, 4.69) is 27.8 Å². The largest absolute Gasteiger partial charge is 0.352 e. The molecule has 5 atom stereocenters. The van der Waals surface area contributed by atoms with E-state index in [1.54, 1.807) is 16.8 Å². The summed E-state index contributed by atoms with van der Waals surface area (Å²) < 4.78 is 1.63. The Labute approximate surface area is 168 Å². The summed E-state index contributed by atoms with van der Waals surface area (Å²) in [5.74, 6) is 2.35. The number of amides is 1. The number of thioether (sulfide) groups is 1. The zero-order valence-electron chi connectivity index (χ0n) is 15.5. The topological polar surface area (TPSA) is 72.7 Å². The smallest absolute Gasteiger partial charge is 0.233 e. The van der Waals surface area contributed by atoms with Gasteiger partial charge >= 0.3 is 0 Å². The van der Waals surface area contributed by atoms with Crippen LogP contribution in [-0.4, -0.2) is 37.4 Å². The van der Waals surface area contributed by atoms with Crippen LogP contribution >= 0.6 is 23.4 Å². The number of nitrogens with one attached hydrogen (secondary N) is 1. The molecule has 2 saturated carbocycles. The molecule has 27 heavy (non-hydrogen) atoms. The van der Waals surface area contributed by atoms with E-state index >= 15 is 0 Å². The molecule has 1 aromatic heterocycles. The SMILES string of the molecule is C[C@H](Sc1nnnn1-c1ccc(Cl)cc1)C(=O)N[C@@H](C)[C@@H]1C[C@H]2CC[C@H]1C2. The second-order valence-corrected chi connectivity index (χ2v) is 9.49. The van der Waals surface area contributed by atoms with Crippen molar-refractivity contribution >= 4 is 29.3 Å². The van der Waals surface area contributed by atoms with Crippen LogP contribution in [0.25, 0.3) is 5.69 Å². The highest BCUT2D eigenvalue weighted by Crippen LogP contribution is 2.49. The summed E-state index contributed by atoms with van der Waals surface area (Å²) >= 11 is 7.31. The van der Waals surface area contributed by atoms with Crippen molar-refractivity contribution in [2.24, 2.45) is 17.8 Å². The van der Waals surface area contributed by atoms with Gasteiger partial charge in [0.2, 0.25) is 11.1 Å². The monoisotopic (exact) mass is 405 g/mol. The first-order valence-electron chi connectivity index (χ1n) is 9.52. The molecule has 2 fully saturated rings. The molecule has 2 aliphatic carbocycles. The number of benzene rings is 1. The predicted octanol–water partition coefficient (Wildman–Crippen LogP) is 3.74. The second kappa shape index (κ2) is 7.80. The number of fused-ring (bicyclic) bond motifs is 2. The molecule has 0 aliphatic heterocycles. The lowest BCUT2D eigenvalue weighted by molar-refractivity contribution is -0.121. The van der Waals surface area contributed by atoms with Crippen molar-refractivity contribution in [2.75, 3.05) is 0 Å². The number of halogens is 1. The molecular formula is C19H24ClN5OS. The third kappa shape index (κ3) is 3.99. The van der Waals surface area contributed by atoms with Gasteiger partial charge in [0.05, 0.1) is 10.9 Å². The predicted molar refractivity (Wildman–Crippen MR) is 106 cm³/mol. The van der Waals surface area contributed by atoms with Gasteiger partial charge in [-0.1, -0.05) is 29.8 Å². The van der Waals surface area contributed by atoms with Gasteiger partial charge in [-0.2, -0.15) is 4.68 Å². The van der Waals surface area contributed by atoms with Crippen LogP contribution in [0.4, 0.5) is 0 Å². The summed E-state index contributed by atoms with van der Waals surface area (Å²) in [7, 11) is 0. The molecule has 0 spiro atoms. The van der Waals surface area contributed by atoms with Gasteiger partial charge in [0.15, 0.2) is 0 Å². The Bertz CT molecular complexity index is 811. The molecule has 1 N–H and O–H groups in total. The molecule has 0 unspecified atom stereocenters. The van der Waals surface area contributed by atoms with Crippen LogP contribution in [0.1, 0.15) is 39.5 Å². The number of aromatic nitrogens is 4. The van der Waals surface area contributed by atoms with E-state index in [1.165, 1.54) is 37.4 Å². The lowest BCUT2D eigenvalue weighted by atomic mass is 9.84. The number of carbonyl (C=O) groups excluding carboxylic acids is 1. The van der Waals surface area contributed by atoms with Gasteiger partial charge in [-0.15, -0.1) is 5.10 Å². The standard InChI is InChI=1S/C19H24ClN5OS/c1-11(17-10-13-3-4-14(17)9-13)21-18(26)12(2)27-19-22-23-24-25(19)16-7-5-15(20)6-8-16/h5-8,11-14,17H,3-4,9-10H2,1-2H3,(H,21,26)/t11-,12-,13-,14-,17-/m0/s1. The third-order valence-corrected chi connectivity index (χ3v) is 7.25. The number of hydrogen-bond acceptors (Lipinski definition) is 5. The molecule has 8 heteroatoms. The zero-order valence-corrected chi connectivity index (χ0v) is 17.1. The minimum Gasteiger partial charge on any atom is -0.352 e. The Morgan fingerprint density at radius 3 is 2.70 bits per heavy atom. The highest BCUT2D eigenvalue weighted by molar-refractivity contribution is 8.00. The van der Waals surface area contributed by atoms with Crippen LogP contribution in [0.5, 0.6) is 0 Å². The van der Waals surface area contributed by atoms with Gasteiger partial charge in [-0.25, -0.2) is 0 Å². The van der Waals surface area contributed by atoms with Crippen molar-refractivity contribution in [1.82, 2.24) is 25.5 Å². The molecule has 1 amide bonds. The first kappa shape index (κ1) is 18.7. The number of carbonyl (C=O) groups is 1. The van der Waals surface area contributed by atoms with Gasteiger partial charge in [-0.05, 0) is 85.6 Å². The Hall–Kier alpha value is -1.60. The highest BCUT2D eigenvalue weighted by atomic mass is 35.5. The average Bonchev–Trinajstić information content (AvgIpc) is 3.39. The number of hydrogen-bond donors (Lipinski definition) is 1. The maximum Gasteiger partial charge on any atom is 0.233 e. The second-order valence-electron chi connectivity index (χ2n) is 7.75. The molecule has 1 aromatic carbocycles. The molecule has 0 saturated heterocycles. The van der Waals surface area contributed by atoms with Gasteiger partial charge in [0.1, 0.15) is 0 Å². The quantitative estimate of drug-likeness (QED) is 0.741. The average molecular weight is 406 g/mol. The molecule has 2 aliphatic rings. The maximum absolute atomic E-state index is 12.7. The first-order valence-corrected chi connectivity index (χ1v) is 10.8. The van der Waals surface area contributed by atoms with Gasteiger partial charge in [0, 0.05) is 11.1 Å². The Morgan fingerprint density at radius 1 is 1.26 bits per heavy atom. The molecular weight excluding hydrogens is 382 g/mol. The molecule has 0 radical (unpaired) electrons. The van der Waals surface area contributed by atoms with E-state index in [9.17, 15) is 4.79 Å². The lowest BCUT2D eigenvalue weighted by Gasteiger charge is -2.29. The summed E-state index contributed by atoms with van der Waals surface area (Å²) in [5.41, 5.74) is 0.815. The highest BCUT2D eigenvalue weighted by Gasteiger charge is 2.42. The minimum absolute atomic E-state index is 0.0425. The number of nitrogens with zero attached hydrogens (tertiary/aromatic N) is 4. The fourth-order valence-corrected chi connectivity index (χ4v) is 5.51. The van der Waals surface area contributed by atoms with Crippen molar-refractivity contribution in [3.05, 3.63) is 29.3 Å². The minimum atomic E-state index is -0.275. The van der Waals surface area contributed by atoms with Crippen LogP contribution in [-0.2, 0) is 4.79 Å². The molecule has 4 rings (SSSR count). The van der Waals surface area contributed by atoms with Crippen LogP contribution < -0.4 is 5.32 Å². The van der Waals surface area contributed by atoms with Crippen LogP contribution in [0.2, 0.25) is 5.02 Å². The Morgan fingerprint density at radius 2 is 2.04 bits per heavy atom. The summed E-state index contributed by atoms with van der Waals surface area (Å²) in [6, 6.07) is 7.51. The van der Waals surface area contributed by atoms with Crippen LogP contribution in [0, 0.1) is 17.8 Å². The third-order valence-electron chi connectivity index (χ3n) is 5.97. The van der Waals surface area contributed by atoms with E-state index in [-0.39, 0.29) is 17.2 Å². The van der Waals surface area contributed by atoms with E-state index in [1.807, 2.05) is 19.1 Å². The van der Waals surface area contributed by atoms with E-state index in [4.69, 9.17) is 11.6 Å². The van der Waals surface area contributed by atoms with Crippen molar-refractivity contribution in [1.29, 1.82) is 0 Å². The van der Waals surface area contributed by atoms with Gasteiger partial charge in [-0.3, -0.25) is 4.79 Å². The molecule has 2 bridgehead atoms. The fraction of sp³-hybridized carbons (Fsp3) is 0.579. The molecule has 144 valence electrons.